The van der Waals surface area contributed by atoms with E-state index in [1.165, 1.54) is 22.1 Å². The summed E-state index contributed by atoms with van der Waals surface area (Å²) in [5.74, 6) is 3.57. The molecule has 0 atom stereocenters. The quantitative estimate of drug-likeness (QED) is 0.658. The summed E-state index contributed by atoms with van der Waals surface area (Å²) < 4.78 is 12.6. The molecule has 0 spiro atoms. The average Bonchev–Trinajstić information content (AvgIpc) is 2.61. The Bertz CT molecular complexity index is 1050. The van der Waals surface area contributed by atoms with Crippen molar-refractivity contribution in [1.29, 1.82) is 0 Å². The third kappa shape index (κ3) is 3.09. The van der Waals surface area contributed by atoms with Gasteiger partial charge in [0, 0.05) is 5.47 Å². The molecule has 0 saturated carbocycles. The molecule has 28 heavy (non-hydrogen) atoms. The minimum atomic E-state index is -0.0299. The average molecular weight is 370 g/mol. The Balaban J connectivity index is 1.98. The van der Waals surface area contributed by atoms with Gasteiger partial charge in [0.05, 0.1) is 5.76 Å². The molecule has 0 N–H and O–H groups in total. The molecule has 2 aliphatic heterocycles. The van der Waals surface area contributed by atoms with Gasteiger partial charge >= 0.3 is 0 Å². The van der Waals surface area contributed by atoms with Crippen LogP contribution < -0.4 is 20.4 Å². The van der Waals surface area contributed by atoms with Gasteiger partial charge in [0.15, 0.2) is 0 Å². The van der Waals surface area contributed by atoms with E-state index in [4.69, 9.17) is 9.47 Å². The van der Waals surface area contributed by atoms with E-state index < -0.39 is 0 Å². The molecular formula is C25H27BO2. The van der Waals surface area contributed by atoms with Crippen molar-refractivity contribution in [3.05, 3.63) is 82.7 Å². The Morgan fingerprint density at radius 3 is 1.96 bits per heavy atom. The van der Waals surface area contributed by atoms with Crippen LogP contribution in [0, 0.1) is 19.3 Å². The summed E-state index contributed by atoms with van der Waals surface area (Å²) in [6.07, 6.45) is 2.08. The van der Waals surface area contributed by atoms with Crippen LogP contribution in [0.1, 0.15) is 38.8 Å². The van der Waals surface area contributed by atoms with Gasteiger partial charge in [-0.2, -0.15) is 0 Å². The van der Waals surface area contributed by atoms with Crippen molar-refractivity contribution in [3.63, 3.8) is 0 Å². The summed E-state index contributed by atoms with van der Waals surface area (Å²) in [5, 5.41) is 0. The number of benzene rings is 2. The van der Waals surface area contributed by atoms with Crippen LogP contribution in [0.25, 0.3) is 0 Å². The van der Waals surface area contributed by atoms with Crippen molar-refractivity contribution in [3.8, 4) is 11.5 Å². The molecule has 0 bridgehead atoms. The third-order valence-electron chi connectivity index (χ3n) is 5.64. The van der Waals surface area contributed by atoms with E-state index in [1.807, 2.05) is 6.92 Å². The summed E-state index contributed by atoms with van der Waals surface area (Å²) in [4.78, 5) is 0. The number of hydrogen-bond donors (Lipinski definition) is 0. The maximum Gasteiger partial charge on any atom is 0.260 e. The first-order chi connectivity index (χ1) is 13.1. The van der Waals surface area contributed by atoms with E-state index in [0.29, 0.717) is 0 Å². The van der Waals surface area contributed by atoms with Crippen LogP contribution in [-0.2, 0) is 0 Å². The predicted molar refractivity (Wildman–Crippen MR) is 118 cm³/mol. The summed E-state index contributed by atoms with van der Waals surface area (Å²) in [5.41, 5.74) is 6.95. The van der Waals surface area contributed by atoms with E-state index in [2.05, 4.69) is 83.7 Å². The normalized spacial score (nSPS) is 16.8. The standard InChI is InChI=1S/C25H27BO2/c1-15-8-10-21-19(12-15)26-20-13-16(2)9-11-22(20)28-23(24(26)18(4)27-21)14-17(3)25(5,6)7/h8-14H,3H2,1-2,4-7H3/b23-14+. The zero-order valence-corrected chi connectivity index (χ0v) is 17.6. The summed E-state index contributed by atoms with van der Waals surface area (Å²) in [7, 11) is 0. The van der Waals surface area contributed by atoms with Crippen LogP contribution in [0.5, 0.6) is 11.5 Å². The highest BCUT2D eigenvalue weighted by molar-refractivity contribution is 6.93. The summed E-state index contributed by atoms with van der Waals surface area (Å²) in [6.45, 7) is 17.2. The third-order valence-corrected chi connectivity index (χ3v) is 5.64. The van der Waals surface area contributed by atoms with Gasteiger partial charge in [-0.15, -0.1) is 0 Å². The maximum absolute atomic E-state index is 6.40. The van der Waals surface area contributed by atoms with Gasteiger partial charge in [-0.05, 0) is 60.9 Å². The van der Waals surface area contributed by atoms with Crippen LogP contribution in [0.2, 0.25) is 0 Å². The zero-order chi connectivity index (χ0) is 20.2. The lowest BCUT2D eigenvalue weighted by atomic mass is 9.34. The molecule has 142 valence electrons. The largest absolute Gasteiger partial charge is 0.463 e. The van der Waals surface area contributed by atoms with E-state index in [-0.39, 0.29) is 12.1 Å². The molecule has 0 fully saturated rings. The van der Waals surface area contributed by atoms with Crippen molar-refractivity contribution >= 4 is 17.6 Å². The number of allylic oxidation sites excluding steroid dienone is 4. The number of ether oxygens (including phenoxy) is 2. The Labute approximate surface area is 168 Å². The fourth-order valence-corrected chi connectivity index (χ4v) is 3.85. The second-order valence-corrected chi connectivity index (χ2v) is 8.97. The lowest BCUT2D eigenvalue weighted by Gasteiger charge is -2.35. The first-order valence-corrected chi connectivity index (χ1v) is 9.84. The first-order valence-electron chi connectivity index (χ1n) is 9.84. The minimum Gasteiger partial charge on any atom is -0.463 e. The topological polar surface area (TPSA) is 18.5 Å². The van der Waals surface area contributed by atoms with Crippen LogP contribution in [0.3, 0.4) is 0 Å². The molecule has 2 aliphatic rings. The fourth-order valence-electron chi connectivity index (χ4n) is 3.85. The number of rotatable bonds is 1. The van der Waals surface area contributed by atoms with Gasteiger partial charge < -0.3 is 9.47 Å². The molecule has 4 rings (SSSR count). The van der Waals surface area contributed by atoms with Crippen molar-refractivity contribution in [2.75, 3.05) is 0 Å². The summed E-state index contributed by atoms with van der Waals surface area (Å²) in [6, 6.07) is 12.8. The van der Waals surface area contributed by atoms with Crippen molar-refractivity contribution in [1.82, 2.24) is 0 Å². The second-order valence-electron chi connectivity index (χ2n) is 8.97. The highest BCUT2D eigenvalue weighted by Crippen LogP contribution is 2.36. The van der Waals surface area contributed by atoms with E-state index >= 15 is 0 Å². The SMILES string of the molecule is C=C(/C=C1/Oc2ccc(C)cc2B2C1=C(C)Oc1ccc(C)cc12)C(C)(C)C. The smallest absolute Gasteiger partial charge is 0.260 e. The van der Waals surface area contributed by atoms with Crippen molar-refractivity contribution in [2.24, 2.45) is 5.41 Å². The Morgan fingerprint density at radius 2 is 1.43 bits per heavy atom. The molecule has 0 aliphatic carbocycles. The zero-order valence-electron chi connectivity index (χ0n) is 17.6. The molecule has 0 saturated heterocycles. The van der Waals surface area contributed by atoms with Gasteiger partial charge in [0.1, 0.15) is 17.3 Å². The minimum absolute atomic E-state index is 0.0299. The Hall–Kier alpha value is -2.68. The highest BCUT2D eigenvalue weighted by Gasteiger charge is 2.41. The van der Waals surface area contributed by atoms with E-state index in [0.717, 1.165) is 34.1 Å². The van der Waals surface area contributed by atoms with E-state index in [9.17, 15) is 0 Å². The van der Waals surface area contributed by atoms with Crippen molar-refractivity contribution < 1.29 is 9.47 Å². The van der Waals surface area contributed by atoms with Gasteiger partial charge in [0.25, 0.3) is 6.71 Å². The predicted octanol–water partition coefficient (Wildman–Crippen LogP) is 5.00. The number of fused-ring (bicyclic) bond motifs is 5. The van der Waals surface area contributed by atoms with Crippen LogP contribution in [-0.4, -0.2) is 6.71 Å². The van der Waals surface area contributed by atoms with Gasteiger partial charge in [-0.25, -0.2) is 0 Å². The molecular weight excluding hydrogens is 343 g/mol. The van der Waals surface area contributed by atoms with Crippen molar-refractivity contribution in [2.45, 2.75) is 41.5 Å². The lowest BCUT2D eigenvalue weighted by molar-refractivity contribution is 0.398. The summed E-state index contributed by atoms with van der Waals surface area (Å²) >= 11 is 0. The van der Waals surface area contributed by atoms with Crippen LogP contribution in [0.4, 0.5) is 0 Å². The van der Waals surface area contributed by atoms with Crippen LogP contribution in [0.15, 0.2) is 71.6 Å². The molecule has 2 nitrogen and oxygen atoms in total. The first kappa shape index (κ1) is 18.7. The molecule has 0 aromatic heterocycles. The number of hydrogen-bond acceptors (Lipinski definition) is 2. The monoisotopic (exact) mass is 370 g/mol. The van der Waals surface area contributed by atoms with Crippen LogP contribution >= 0.6 is 0 Å². The molecule has 2 aromatic rings. The molecule has 2 heterocycles. The second kappa shape index (κ2) is 6.44. The maximum atomic E-state index is 6.40. The Kier molecular flexibility index (Phi) is 4.30. The van der Waals surface area contributed by atoms with Gasteiger partial charge in [-0.3, -0.25) is 0 Å². The Morgan fingerprint density at radius 1 is 0.893 bits per heavy atom. The molecule has 0 unspecified atom stereocenters. The molecule has 2 aromatic carbocycles. The van der Waals surface area contributed by atoms with Gasteiger partial charge in [-0.1, -0.05) is 62.7 Å². The van der Waals surface area contributed by atoms with E-state index in [1.54, 1.807) is 0 Å². The van der Waals surface area contributed by atoms with Gasteiger partial charge in [0.2, 0.25) is 0 Å². The fraction of sp³-hybridized carbons (Fsp3) is 0.280. The lowest BCUT2D eigenvalue weighted by Crippen LogP contribution is -2.52. The molecule has 0 radical (unpaired) electrons. The number of aryl methyl sites for hydroxylation is 2. The highest BCUT2D eigenvalue weighted by atomic mass is 16.5. The molecule has 0 amide bonds. The molecule has 3 heteroatoms.